The third-order valence-electron chi connectivity index (χ3n) is 2.31. The highest BCUT2D eigenvalue weighted by atomic mass is 32.1. The fourth-order valence-corrected chi connectivity index (χ4v) is 2.46. The van der Waals surface area contributed by atoms with Gasteiger partial charge in [0.05, 0.1) is 0 Å². The van der Waals surface area contributed by atoms with Crippen LogP contribution >= 0.6 is 11.3 Å². The summed E-state index contributed by atoms with van der Waals surface area (Å²) in [6, 6.07) is 0. The fourth-order valence-electron chi connectivity index (χ4n) is 1.52. The van der Waals surface area contributed by atoms with Crippen LogP contribution in [0.5, 0.6) is 11.5 Å². The summed E-state index contributed by atoms with van der Waals surface area (Å²) in [6.07, 6.45) is 1.24. The second kappa shape index (κ2) is 3.22. The molecule has 0 saturated heterocycles. The number of rotatable bonds is 1. The normalized spacial score (nSPS) is 20.4. The van der Waals surface area contributed by atoms with E-state index in [1.165, 1.54) is 9.75 Å². The van der Waals surface area contributed by atoms with E-state index in [0.29, 0.717) is 6.61 Å². The van der Waals surface area contributed by atoms with E-state index < -0.39 is 0 Å². The van der Waals surface area contributed by atoms with Gasteiger partial charge < -0.3 is 9.47 Å². The van der Waals surface area contributed by atoms with E-state index in [0.717, 1.165) is 17.9 Å². The monoisotopic (exact) mass is 198 g/mol. The van der Waals surface area contributed by atoms with Gasteiger partial charge in [-0.1, -0.05) is 6.92 Å². The Hall–Kier alpha value is -0.700. The van der Waals surface area contributed by atoms with Crippen molar-refractivity contribution in [2.45, 2.75) is 33.3 Å². The molecular formula is C10H14O2S. The molecule has 1 aromatic heterocycles. The summed E-state index contributed by atoms with van der Waals surface area (Å²) in [4.78, 5) is 2.45. The molecule has 2 rings (SSSR count). The van der Waals surface area contributed by atoms with Crippen molar-refractivity contribution in [3.63, 3.8) is 0 Å². The summed E-state index contributed by atoms with van der Waals surface area (Å²) in [7, 11) is 0. The molecular weight excluding hydrogens is 184 g/mol. The SMILES string of the molecule is CCC1COc2c(C)sc(C)c2O1. The number of thiophene rings is 1. The smallest absolute Gasteiger partial charge is 0.175 e. The summed E-state index contributed by atoms with van der Waals surface area (Å²) in [5, 5.41) is 0. The lowest BCUT2D eigenvalue weighted by Gasteiger charge is -2.24. The Morgan fingerprint density at radius 3 is 2.69 bits per heavy atom. The second-order valence-electron chi connectivity index (χ2n) is 3.33. The lowest BCUT2D eigenvalue weighted by Crippen LogP contribution is -2.28. The minimum absolute atomic E-state index is 0.236. The van der Waals surface area contributed by atoms with Crippen LogP contribution in [0.3, 0.4) is 0 Å². The minimum Gasteiger partial charge on any atom is -0.485 e. The Labute approximate surface area is 82.5 Å². The quantitative estimate of drug-likeness (QED) is 0.690. The summed E-state index contributed by atoms with van der Waals surface area (Å²) in [5.74, 6) is 1.94. The zero-order chi connectivity index (χ0) is 9.42. The molecule has 0 fully saturated rings. The van der Waals surface area contributed by atoms with Crippen LogP contribution in [-0.4, -0.2) is 12.7 Å². The molecule has 13 heavy (non-hydrogen) atoms. The zero-order valence-electron chi connectivity index (χ0n) is 8.22. The van der Waals surface area contributed by atoms with Gasteiger partial charge in [-0.2, -0.15) is 0 Å². The van der Waals surface area contributed by atoms with Crippen molar-refractivity contribution in [1.82, 2.24) is 0 Å². The molecule has 0 spiro atoms. The van der Waals surface area contributed by atoms with Crippen molar-refractivity contribution in [2.75, 3.05) is 6.61 Å². The lowest BCUT2D eigenvalue weighted by atomic mass is 10.2. The minimum atomic E-state index is 0.236. The topological polar surface area (TPSA) is 18.5 Å². The first-order valence-electron chi connectivity index (χ1n) is 4.61. The maximum atomic E-state index is 5.82. The zero-order valence-corrected chi connectivity index (χ0v) is 9.03. The van der Waals surface area contributed by atoms with Gasteiger partial charge in [0.25, 0.3) is 0 Å². The van der Waals surface area contributed by atoms with Gasteiger partial charge >= 0.3 is 0 Å². The van der Waals surface area contributed by atoms with Crippen molar-refractivity contribution >= 4 is 11.3 Å². The molecule has 0 saturated carbocycles. The van der Waals surface area contributed by atoms with E-state index in [9.17, 15) is 0 Å². The van der Waals surface area contributed by atoms with Crippen LogP contribution in [-0.2, 0) is 0 Å². The molecule has 2 heterocycles. The van der Waals surface area contributed by atoms with Gasteiger partial charge in [-0.3, -0.25) is 0 Å². The van der Waals surface area contributed by atoms with E-state index in [-0.39, 0.29) is 6.10 Å². The molecule has 0 bridgehead atoms. The number of hydrogen-bond acceptors (Lipinski definition) is 3. The molecule has 2 nitrogen and oxygen atoms in total. The van der Waals surface area contributed by atoms with Crippen LogP contribution in [0.1, 0.15) is 23.1 Å². The highest BCUT2D eigenvalue weighted by Gasteiger charge is 2.24. The van der Waals surface area contributed by atoms with Crippen LogP contribution in [0.2, 0.25) is 0 Å². The second-order valence-corrected chi connectivity index (χ2v) is 4.76. The maximum Gasteiger partial charge on any atom is 0.175 e. The molecule has 0 amide bonds. The first kappa shape index (κ1) is 8.88. The largest absolute Gasteiger partial charge is 0.485 e. The standard InChI is InChI=1S/C10H14O2S/c1-4-8-5-11-9-6(2)13-7(3)10(9)12-8/h8H,4-5H2,1-3H3. The van der Waals surface area contributed by atoms with E-state index in [1.54, 1.807) is 11.3 Å². The molecule has 1 aliphatic heterocycles. The van der Waals surface area contributed by atoms with E-state index >= 15 is 0 Å². The molecule has 3 heteroatoms. The van der Waals surface area contributed by atoms with E-state index in [4.69, 9.17) is 9.47 Å². The van der Waals surface area contributed by atoms with Crippen LogP contribution < -0.4 is 9.47 Å². The maximum absolute atomic E-state index is 5.82. The Morgan fingerprint density at radius 1 is 1.31 bits per heavy atom. The molecule has 0 N–H and O–H groups in total. The van der Waals surface area contributed by atoms with Crippen LogP contribution in [0.15, 0.2) is 0 Å². The van der Waals surface area contributed by atoms with Crippen molar-refractivity contribution in [1.29, 1.82) is 0 Å². The average molecular weight is 198 g/mol. The number of ether oxygens (including phenoxy) is 2. The number of fused-ring (bicyclic) bond motifs is 1. The first-order chi connectivity index (χ1) is 6.22. The molecule has 0 aliphatic carbocycles. The first-order valence-corrected chi connectivity index (χ1v) is 5.43. The highest BCUT2D eigenvalue weighted by molar-refractivity contribution is 7.12. The Bertz CT molecular complexity index is 317. The summed E-state index contributed by atoms with van der Waals surface area (Å²) in [5.41, 5.74) is 0. The third-order valence-corrected chi connectivity index (χ3v) is 3.29. The molecule has 0 aromatic carbocycles. The van der Waals surface area contributed by atoms with Gasteiger partial charge in [0.1, 0.15) is 12.7 Å². The summed E-state index contributed by atoms with van der Waals surface area (Å²) >= 11 is 1.75. The van der Waals surface area contributed by atoms with Gasteiger partial charge in [0, 0.05) is 9.75 Å². The Balaban J connectivity index is 2.33. The number of hydrogen-bond donors (Lipinski definition) is 0. The predicted octanol–water partition coefficient (Wildman–Crippen LogP) is 2.91. The molecule has 0 radical (unpaired) electrons. The fraction of sp³-hybridized carbons (Fsp3) is 0.600. The summed E-state index contributed by atoms with van der Waals surface area (Å²) < 4.78 is 11.5. The van der Waals surface area contributed by atoms with Crippen molar-refractivity contribution in [3.05, 3.63) is 9.75 Å². The highest BCUT2D eigenvalue weighted by Crippen LogP contribution is 2.43. The van der Waals surface area contributed by atoms with Crippen molar-refractivity contribution in [3.8, 4) is 11.5 Å². The molecule has 72 valence electrons. The molecule has 1 aromatic rings. The van der Waals surface area contributed by atoms with Crippen LogP contribution in [0, 0.1) is 13.8 Å². The third kappa shape index (κ3) is 1.41. The van der Waals surface area contributed by atoms with E-state index in [2.05, 4.69) is 20.8 Å². The molecule has 1 unspecified atom stereocenters. The van der Waals surface area contributed by atoms with Gasteiger partial charge in [0.2, 0.25) is 0 Å². The van der Waals surface area contributed by atoms with Crippen LogP contribution in [0.25, 0.3) is 0 Å². The van der Waals surface area contributed by atoms with Crippen LogP contribution in [0.4, 0.5) is 0 Å². The van der Waals surface area contributed by atoms with Gasteiger partial charge in [0.15, 0.2) is 11.5 Å². The van der Waals surface area contributed by atoms with Gasteiger partial charge in [-0.25, -0.2) is 0 Å². The number of aryl methyl sites for hydroxylation is 2. The van der Waals surface area contributed by atoms with Crippen molar-refractivity contribution < 1.29 is 9.47 Å². The van der Waals surface area contributed by atoms with Gasteiger partial charge in [-0.05, 0) is 20.3 Å². The lowest BCUT2D eigenvalue weighted by molar-refractivity contribution is 0.0885. The average Bonchev–Trinajstić information content (AvgIpc) is 2.42. The Morgan fingerprint density at radius 2 is 2.00 bits per heavy atom. The van der Waals surface area contributed by atoms with E-state index in [1.807, 2.05) is 0 Å². The molecule has 1 aliphatic rings. The summed E-state index contributed by atoms with van der Waals surface area (Å²) in [6.45, 7) is 6.97. The predicted molar refractivity (Wildman–Crippen MR) is 54.0 cm³/mol. The Kier molecular flexibility index (Phi) is 2.20. The van der Waals surface area contributed by atoms with Gasteiger partial charge in [-0.15, -0.1) is 11.3 Å². The van der Waals surface area contributed by atoms with Crippen molar-refractivity contribution in [2.24, 2.45) is 0 Å². The molecule has 1 atom stereocenters.